The molecule has 0 spiro atoms. The Morgan fingerprint density at radius 2 is 1.43 bits per heavy atom. The molecule has 1 nitrogen and oxygen atoms in total. The van der Waals surface area contributed by atoms with E-state index in [1.54, 1.807) is 0 Å². The van der Waals surface area contributed by atoms with Gasteiger partial charge in [0.2, 0.25) is 0 Å². The van der Waals surface area contributed by atoms with Gasteiger partial charge in [-0.25, -0.2) is 4.57 Å². The SMILES string of the molecule is O=P(F)(F)c1ccc(C(F)(F)F)cc1. The van der Waals surface area contributed by atoms with Gasteiger partial charge in [0.25, 0.3) is 0 Å². The van der Waals surface area contributed by atoms with Crippen LogP contribution in [0.4, 0.5) is 21.6 Å². The first-order chi connectivity index (χ1) is 6.21. The second-order valence-electron chi connectivity index (χ2n) is 2.51. The molecule has 0 bridgehead atoms. The van der Waals surface area contributed by atoms with E-state index < -0.39 is 24.8 Å². The molecular formula is C7H4F5OP. The Morgan fingerprint density at radius 3 is 1.71 bits per heavy atom. The molecule has 0 atom stereocenters. The number of hydrogen-bond acceptors (Lipinski definition) is 1. The summed E-state index contributed by atoms with van der Waals surface area (Å²) < 4.78 is 70.4. The van der Waals surface area contributed by atoms with Gasteiger partial charge in [0.1, 0.15) is 0 Å². The second kappa shape index (κ2) is 3.35. The summed E-state index contributed by atoms with van der Waals surface area (Å²) in [4.78, 5) is 0. The number of halogens is 5. The van der Waals surface area contributed by atoms with Crippen LogP contribution in [0.3, 0.4) is 0 Å². The van der Waals surface area contributed by atoms with Gasteiger partial charge in [0.15, 0.2) is 0 Å². The maximum Gasteiger partial charge on any atom is 0.433 e. The maximum atomic E-state index is 12.2. The minimum Gasteiger partial charge on any atom is -0.244 e. The first kappa shape index (κ1) is 11.2. The van der Waals surface area contributed by atoms with Gasteiger partial charge in [0, 0.05) is 0 Å². The number of rotatable bonds is 1. The third-order valence-corrected chi connectivity index (χ3v) is 2.39. The molecular weight excluding hydrogens is 226 g/mol. The predicted octanol–water partition coefficient (Wildman–Crippen LogP) is 3.46. The lowest BCUT2D eigenvalue weighted by atomic mass is 10.2. The smallest absolute Gasteiger partial charge is 0.244 e. The van der Waals surface area contributed by atoms with E-state index in [4.69, 9.17) is 0 Å². The highest BCUT2D eigenvalue weighted by Crippen LogP contribution is 2.47. The van der Waals surface area contributed by atoms with Crippen molar-refractivity contribution in [2.45, 2.75) is 6.18 Å². The number of alkyl halides is 3. The van der Waals surface area contributed by atoms with Crippen LogP contribution in [-0.4, -0.2) is 0 Å². The van der Waals surface area contributed by atoms with Crippen molar-refractivity contribution in [2.24, 2.45) is 0 Å². The quantitative estimate of drug-likeness (QED) is 0.533. The lowest BCUT2D eigenvalue weighted by molar-refractivity contribution is -0.137. The Morgan fingerprint density at radius 1 is 1.00 bits per heavy atom. The highest BCUT2D eigenvalue weighted by atomic mass is 31.2. The van der Waals surface area contributed by atoms with Gasteiger partial charge in [-0.2, -0.15) is 13.2 Å². The van der Waals surface area contributed by atoms with E-state index in [9.17, 15) is 26.1 Å². The predicted molar refractivity (Wildman–Crippen MR) is 40.9 cm³/mol. The second-order valence-corrected chi connectivity index (χ2v) is 3.95. The number of hydrogen-bond donors (Lipinski definition) is 0. The highest BCUT2D eigenvalue weighted by Gasteiger charge is 2.31. The summed E-state index contributed by atoms with van der Waals surface area (Å²) in [6.45, 7) is 0. The van der Waals surface area contributed by atoms with Crippen LogP contribution in [0, 0.1) is 0 Å². The summed E-state index contributed by atoms with van der Waals surface area (Å²) in [5.74, 6) is 0. The van der Waals surface area contributed by atoms with Gasteiger partial charge >= 0.3 is 13.9 Å². The largest absolute Gasteiger partial charge is 0.433 e. The van der Waals surface area contributed by atoms with Crippen LogP contribution in [-0.2, 0) is 10.7 Å². The van der Waals surface area contributed by atoms with E-state index in [1.165, 1.54) is 0 Å². The van der Waals surface area contributed by atoms with E-state index in [-0.39, 0.29) is 0 Å². The van der Waals surface area contributed by atoms with Gasteiger partial charge in [0.05, 0.1) is 10.9 Å². The van der Waals surface area contributed by atoms with E-state index in [1.807, 2.05) is 0 Å². The minimum absolute atomic E-state index is 0.473. The van der Waals surface area contributed by atoms with Crippen molar-refractivity contribution >= 4 is 13.1 Å². The summed E-state index contributed by atoms with van der Waals surface area (Å²) in [7, 11) is -5.46. The first-order valence-corrected chi connectivity index (χ1v) is 4.87. The normalized spacial score (nSPS) is 12.9. The highest BCUT2D eigenvalue weighted by molar-refractivity contribution is 7.61. The van der Waals surface area contributed by atoms with Crippen molar-refractivity contribution < 1.29 is 26.1 Å². The van der Waals surface area contributed by atoms with Crippen LogP contribution < -0.4 is 5.30 Å². The average Bonchev–Trinajstić information content (AvgIpc) is 2.01. The topological polar surface area (TPSA) is 17.1 Å². The van der Waals surface area contributed by atoms with Crippen LogP contribution in [0.1, 0.15) is 5.56 Å². The molecule has 1 aromatic carbocycles. The maximum absolute atomic E-state index is 12.2. The Labute approximate surface area is 76.2 Å². The Bertz CT molecular complexity index is 363. The molecule has 0 aliphatic heterocycles. The summed E-state index contributed by atoms with van der Waals surface area (Å²) >= 11 is 0. The molecule has 14 heavy (non-hydrogen) atoms. The van der Waals surface area contributed by atoms with Gasteiger partial charge in [-0.15, -0.1) is 8.39 Å². The van der Waals surface area contributed by atoms with Crippen LogP contribution in [0.15, 0.2) is 24.3 Å². The van der Waals surface area contributed by atoms with Crippen LogP contribution >= 0.6 is 7.76 Å². The molecule has 1 rings (SSSR count). The van der Waals surface area contributed by atoms with E-state index >= 15 is 0 Å². The van der Waals surface area contributed by atoms with Crippen molar-refractivity contribution in [1.29, 1.82) is 0 Å². The fourth-order valence-corrected chi connectivity index (χ4v) is 1.32. The van der Waals surface area contributed by atoms with Gasteiger partial charge in [-0.05, 0) is 24.3 Å². The zero-order valence-corrected chi connectivity index (χ0v) is 7.45. The summed E-state index contributed by atoms with van der Waals surface area (Å²) in [6.07, 6.45) is -4.57. The van der Waals surface area contributed by atoms with Gasteiger partial charge in [-0.3, -0.25) is 0 Å². The third kappa shape index (κ3) is 2.54. The first-order valence-electron chi connectivity index (χ1n) is 3.38. The fraction of sp³-hybridized carbons (Fsp3) is 0.143. The molecule has 1 aromatic rings. The molecule has 0 unspecified atom stereocenters. The van der Waals surface area contributed by atoms with E-state index in [0.29, 0.717) is 24.3 Å². The Balaban J connectivity index is 3.08. The fourth-order valence-electron chi connectivity index (χ4n) is 0.824. The van der Waals surface area contributed by atoms with Gasteiger partial charge < -0.3 is 0 Å². The molecule has 0 aromatic heterocycles. The third-order valence-electron chi connectivity index (χ3n) is 1.50. The molecule has 0 aliphatic rings. The van der Waals surface area contributed by atoms with Crippen molar-refractivity contribution in [1.82, 2.24) is 0 Å². The van der Waals surface area contributed by atoms with Crippen molar-refractivity contribution in [3.63, 3.8) is 0 Å². The van der Waals surface area contributed by atoms with Crippen LogP contribution in [0.2, 0.25) is 0 Å². The molecule has 0 N–H and O–H groups in total. The van der Waals surface area contributed by atoms with E-state index in [0.717, 1.165) is 0 Å². The summed E-state index contributed by atoms with van der Waals surface area (Å²) in [5.41, 5.74) is -1.05. The number of benzene rings is 1. The summed E-state index contributed by atoms with van der Waals surface area (Å²) in [5, 5.41) is -0.870. The van der Waals surface area contributed by atoms with Crippen LogP contribution in [0.5, 0.6) is 0 Å². The Kier molecular flexibility index (Phi) is 2.67. The molecule has 0 heterocycles. The zero-order valence-electron chi connectivity index (χ0n) is 6.55. The monoisotopic (exact) mass is 230 g/mol. The lowest BCUT2D eigenvalue weighted by Gasteiger charge is -2.06. The summed E-state index contributed by atoms with van der Waals surface area (Å²) in [6, 6.07) is 1.98. The van der Waals surface area contributed by atoms with Crippen LogP contribution in [0.25, 0.3) is 0 Å². The molecule has 0 saturated heterocycles. The molecule has 0 amide bonds. The standard InChI is InChI=1S/C7H4F5OP/c8-7(9,10)5-1-3-6(4-2-5)14(11,12)13/h1-4H. The average molecular weight is 230 g/mol. The van der Waals surface area contributed by atoms with Gasteiger partial charge in [-0.1, -0.05) is 0 Å². The Hall–Kier alpha value is -0.900. The molecule has 78 valence electrons. The van der Waals surface area contributed by atoms with Crippen molar-refractivity contribution in [3.05, 3.63) is 29.8 Å². The lowest BCUT2D eigenvalue weighted by Crippen LogP contribution is -2.07. The molecule has 0 aliphatic carbocycles. The molecule has 0 saturated carbocycles. The van der Waals surface area contributed by atoms with Crippen molar-refractivity contribution in [2.75, 3.05) is 0 Å². The molecule has 0 fully saturated rings. The molecule has 7 heteroatoms. The van der Waals surface area contributed by atoms with E-state index in [2.05, 4.69) is 0 Å². The zero-order chi connectivity index (χ0) is 11.0. The van der Waals surface area contributed by atoms with Crippen molar-refractivity contribution in [3.8, 4) is 0 Å². The minimum atomic E-state index is -5.46. The molecule has 0 radical (unpaired) electrons.